The van der Waals surface area contributed by atoms with Crippen LogP contribution in [-0.4, -0.2) is 41.2 Å². The van der Waals surface area contributed by atoms with Crippen molar-refractivity contribution >= 4 is 39.2 Å². The van der Waals surface area contributed by atoms with E-state index < -0.39 is 6.29 Å². The first-order chi connectivity index (χ1) is 12.5. The number of aromatic nitrogens is 2. The van der Waals surface area contributed by atoms with Crippen LogP contribution in [0.3, 0.4) is 0 Å². The highest BCUT2D eigenvalue weighted by Crippen LogP contribution is 2.28. The number of ether oxygens (including phenoxy) is 2. The summed E-state index contributed by atoms with van der Waals surface area (Å²) in [7, 11) is 0. The van der Waals surface area contributed by atoms with Crippen molar-refractivity contribution in [3.8, 4) is 0 Å². The first-order valence-electron chi connectivity index (χ1n) is 8.38. The minimum Gasteiger partial charge on any atom is -0.397 e. The van der Waals surface area contributed by atoms with E-state index in [4.69, 9.17) is 15.2 Å². The van der Waals surface area contributed by atoms with Gasteiger partial charge in [-0.15, -0.1) is 0 Å². The summed E-state index contributed by atoms with van der Waals surface area (Å²) in [5.74, 6) is -0.503. The van der Waals surface area contributed by atoms with E-state index in [1.165, 1.54) is 6.92 Å². The average Bonchev–Trinajstić information content (AvgIpc) is 3.04. The predicted octanol–water partition coefficient (Wildman–Crippen LogP) is 1.52. The molecule has 1 aliphatic heterocycles. The molecule has 3 aromatic rings. The molecule has 4 rings (SSSR count). The summed E-state index contributed by atoms with van der Waals surface area (Å²) in [5.41, 5.74) is 8.03. The maximum Gasteiger partial charge on any atom is 0.243 e. The molecule has 1 saturated heterocycles. The number of anilines is 1. The lowest BCUT2D eigenvalue weighted by Gasteiger charge is -2.22. The van der Waals surface area contributed by atoms with Crippen molar-refractivity contribution in [2.75, 3.05) is 18.9 Å². The Balaban J connectivity index is 1.83. The number of H-pyrrole nitrogens is 1. The van der Waals surface area contributed by atoms with E-state index in [1.807, 2.05) is 0 Å². The fourth-order valence-electron chi connectivity index (χ4n) is 3.18. The topological polar surface area (TPSA) is 120 Å². The molecule has 8 heteroatoms. The van der Waals surface area contributed by atoms with Gasteiger partial charge in [-0.2, -0.15) is 0 Å². The Morgan fingerprint density at radius 2 is 2.12 bits per heavy atom. The number of ketones is 1. The zero-order chi connectivity index (χ0) is 18.3. The van der Waals surface area contributed by atoms with Gasteiger partial charge < -0.3 is 20.2 Å². The van der Waals surface area contributed by atoms with Gasteiger partial charge in [0.25, 0.3) is 0 Å². The van der Waals surface area contributed by atoms with Crippen molar-refractivity contribution in [2.45, 2.75) is 26.1 Å². The monoisotopic (exact) mass is 354 g/mol. The van der Waals surface area contributed by atoms with E-state index in [0.29, 0.717) is 41.0 Å². The Hall–Kier alpha value is -2.84. The minimum atomic E-state index is -0.536. The lowest BCUT2D eigenvalue weighted by Crippen LogP contribution is -2.27. The van der Waals surface area contributed by atoms with E-state index in [2.05, 4.69) is 15.0 Å². The molecule has 0 radical (unpaired) electrons. The SMILES string of the molecule is CC(=O)N=c1cc(N)c2ncc3cc(C(=O)CC4OCCCO4)[nH]c1c32. The molecule has 3 N–H and O–H groups in total. The summed E-state index contributed by atoms with van der Waals surface area (Å²) in [5, 5.41) is 1.90. The van der Waals surface area contributed by atoms with Crippen LogP contribution in [0.2, 0.25) is 0 Å². The number of hydrogen-bond acceptors (Lipinski definition) is 6. The molecule has 0 spiro atoms. The minimum absolute atomic E-state index is 0.111. The number of benzene rings is 1. The standard InChI is InChI=1S/C18H18N4O4/c1-9(23)21-13-6-11(19)17-16-10(8-20-17)5-12(22-18(13)16)14(24)7-15-25-3-2-4-26-15/h5-6,8,15,22H,2-4,7,19H2,1H3. The van der Waals surface area contributed by atoms with Crippen LogP contribution in [0.1, 0.15) is 30.3 Å². The Morgan fingerprint density at radius 3 is 2.85 bits per heavy atom. The highest BCUT2D eigenvalue weighted by Gasteiger charge is 2.21. The number of aromatic amines is 1. The molecule has 0 atom stereocenters. The maximum absolute atomic E-state index is 12.7. The second-order valence-electron chi connectivity index (χ2n) is 6.26. The molecular weight excluding hydrogens is 336 g/mol. The molecule has 2 aromatic heterocycles. The second kappa shape index (κ2) is 6.47. The third-order valence-electron chi connectivity index (χ3n) is 4.32. The number of nitrogens with one attached hydrogen (secondary N) is 1. The molecule has 26 heavy (non-hydrogen) atoms. The third-order valence-corrected chi connectivity index (χ3v) is 4.32. The van der Waals surface area contributed by atoms with Crippen LogP contribution in [0.4, 0.5) is 5.69 Å². The Labute approximate surface area is 148 Å². The van der Waals surface area contributed by atoms with Crippen molar-refractivity contribution in [2.24, 2.45) is 4.99 Å². The number of rotatable bonds is 3. The predicted molar refractivity (Wildman–Crippen MR) is 94.7 cm³/mol. The van der Waals surface area contributed by atoms with E-state index in [9.17, 15) is 9.59 Å². The molecule has 0 unspecified atom stereocenters. The highest BCUT2D eigenvalue weighted by atomic mass is 16.7. The Bertz CT molecular complexity index is 1070. The van der Waals surface area contributed by atoms with Gasteiger partial charge in [0.2, 0.25) is 5.91 Å². The van der Waals surface area contributed by atoms with Gasteiger partial charge in [-0.25, -0.2) is 4.99 Å². The molecule has 0 bridgehead atoms. The van der Waals surface area contributed by atoms with Crippen molar-refractivity contribution < 1.29 is 19.1 Å². The van der Waals surface area contributed by atoms with Gasteiger partial charge in [0, 0.05) is 23.9 Å². The van der Waals surface area contributed by atoms with Crippen molar-refractivity contribution in [1.29, 1.82) is 0 Å². The van der Waals surface area contributed by atoms with E-state index in [1.54, 1.807) is 18.3 Å². The third kappa shape index (κ3) is 2.93. The van der Waals surface area contributed by atoms with E-state index in [-0.39, 0.29) is 18.1 Å². The smallest absolute Gasteiger partial charge is 0.243 e. The molecule has 134 valence electrons. The number of carbonyl (C=O) groups is 2. The first-order valence-corrected chi connectivity index (χ1v) is 8.38. The molecular formula is C18H18N4O4. The number of nitrogen functional groups attached to an aromatic ring is 1. The van der Waals surface area contributed by atoms with E-state index in [0.717, 1.165) is 17.2 Å². The second-order valence-corrected chi connectivity index (χ2v) is 6.26. The number of nitrogens with zero attached hydrogens (tertiary/aromatic N) is 2. The van der Waals surface area contributed by atoms with Crippen molar-refractivity contribution in [1.82, 2.24) is 9.97 Å². The molecule has 3 heterocycles. The maximum atomic E-state index is 12.7. The van der Waals surface area contributed by atoms with Gasteiger partial charge in [0.1, 0.15) is 0 Å². The molecule has 0 saturated carbocycles. The van der Waals surface area contributed by atoms with Gasteiger partial charge in [-0.05, 0) is 18.6 Å². The average molecular weight is 354 g/mol. The van der Waals surface area contributed by atoms with Crippen LogP contribution in [0, 0.1) is 0 Å². The number of Topliss-reactive ketones (excluding diaryl/α,β-unsaturated/α-hetero) is 1. The summed E-state index contributed by atoms with van der Waals surface area (Å²) >= 11 is 0. The Morgan fingerprint density at radius 1 is 1.35 bits per heavy atom. The number of carbonyl (C=O) groups excluding carboxylic acids is 2. The van der Waals surface area contributed by atoms with Crippen molar-refractivity contribution in [3.05, 3.63) is 29.4 Å². The zero-order valence-electron chi connectivity index (χ0n) is 14.2. The summed E-state index contributed by atoms with van der Waals surface area (Å²) in [6, 6.07) is 3.31. The van der Waals surface area contributed by atoms with Gasteiger partial charge >= 0.3 is 0 Å². The van der Waals surface area contributed by atoms with Gasteiger partial charge in [-0.3, -0.25) is 14.6 Å². The molecule has 1 amide bonds. The summed E-state index contributed by atoms with van der Waals surface area (Å²) in [4.78, 5) is 35.6. The summed E-state index contributed by atoms with van der Waals surface area (Å²) < 4.78 is 10.9. The quantitative estimate of drug-likeness (QED) is 0.543. The van der Waals surface area contributed by atoms with Crippen LogP contribution in [0.25, 0.3) is 21.8 Å². The van der Waals surface area contributed by atoms with Crippen LogP contribution in [0.5, 0.6) is 0 Å². The van der Waals surface area contributed by atoms with Crippen LogP contribution >= 0.6 is 0 Å². The molecule has 1 aromatic carbocycles. The van der Waals surface area contributed by atoms with Crippen molar-refractivity contribution in [3.63, 3.8) is 0 Å². The van der Waals surface area contributed by atoms with Crippen LogP contribution < -0.4 is 11.1 Å². The molecule has 1 aliphatic rings. The first kappa shape index (κ1) is 16.6. The number of amides is 1. The Kier molecular flexibility index (Phi) is 4.14. The fourth-order valence-corrected chi connectivity index (χ4v) is 3.18. The molecule has 8 nitrogen and oxygen atoms in total. The van der Waals surface area contributed by atoms with Gasteiger partial charge in [0.15, 0.2) is 12.1 Å². The van der Waals surface area contributed by atoms with Crippen LogP contribution in [-0.2, 0) is 14.3 Å². The normalized spacial score (nSPS) is 16.6. The van der Waals surface area contributed by atoms with Gasteiger partial charge in [0.05, 0.1) is 47.4 Å². The summed E-state index contributed by atoms with van der Waals surface area (Å²) in [6.45, 7) is 2.53. The lowest BCUT2D eigenvalue weighted by molar-refractivity contribution is -0.175. The van der Waals surface area contributed by atoms with E-state index >= 15 is 0 Å². The largest absolute Gasteiger partial charge is 0.397 e. The zero-order valence-corrected chi connectivity index (χ0v) is 14.2. The number of nitrogens with two attached hydrogens (primary N) is 1. The van der Waals surface area contributed by atoms with Crippen LogP contribution in [0.15, 0.2) is 23.3 Å². The highest BCUT2D eigenvalue weighted by molar-refractivity contribution is 6.13. The molecule has 1 fully saturated rings. The number of pyridine rings is 1. The number of hydrogen-bond donors (Lipinski definition) is 2. The molecule has 0 aliphatic carbocycles. The van der Waals surface area contributed by atoms with Gasteiger partial charge in [-0.1, -0.05) is 0 Å². The summed E-state index contributed by atoms with van der Waals surface area (Å²) in [6.07, 6.45) is 2.06. The lowest BCUT2D eigenvalue weighted by atomic mass is 10.1. The fraction of sp³-hybridized carbons (Fsp3) is 0.333.